The molecule has 0 N–H and O–H groups in total. The SMILES string of the molecule is CO[P+](=NS(C)(=O)=O)OC. The van der Waals surface area contributed by atoms with Crippen molar-refractivity contribution < 1.29 is 17.5 Å². The van der Waals surface area contributed by atoms with E-state index in [9.17, 15) is 8.42 Å². The van der Waals surface area contributed by atoms with Gasteiger partial charge in [-0.1, -0.05) is 0 Å². The first-order valence-electron chi connectivity index (χ1n) is 2.31. The summed E-state index contributed by atoms with van der Waals surface area (Å²) in [5, 5.41) is 0. The van der Waals surface area contributed by atoms with E-state index < -0.39 is 18.2 Å². The van der Waals surface area contributed by atoms with Crippen molar-refractivity contribution in [2.45, 2.75) is 0 Å². The van der Waals surface area contributed by atoms with E-state index in [4.69, 9.17) is 0 Å². The molecular formula is C3H9NO4PS+. The fraction of sp³-hybridized carbons (Fsp3) is 1.00. The Bertz CT molecular complexity index is 215. The van der Waals surface area contributed by atoms with Crippen LogP contribution in [0.2, 0.25) is 0 Å². The van der Waals surface area contributed by atoms with Crippen molar-refractivity contribution in [2.75, 3.05) is 20.5 Å². The Morgan fingerprint density at radius 3 is 1.80 bits per heavy atom. The molecule has 0 heterocycles. The van der Waals surface area contributed by atoms with Gasteiger partial charge in [0.1, 0.15) is 0 Å². The standard InChI is InChI=1S/C3H9NO4PS/c1-7-9(8-2)4-10(3,5)6/h1-3H3/q+1. The molecule has 60 valence electrons. The summed E-state index contributed by atoms with van der Waals surface area (Å²) in [4.78, 5) is 0. The van der Waals surface area contributed by atoms with Crippen LogP contribution in [-0.4, -0.2) is 28.9 Å². The van der Waals surface area contributed by atoms with E-state index in [1.165, 1.54) is 14.2 Å². The monoisotopic (exact) mass is 186 g/mol. The Morgan fingerprint density at radius 1 is 1.30 bits per heavy atom. The van der Waals surface area contributed by atoms with Gasteiger partial charge in [-0.25, -0.2) is 8.42 Å². The number of rotatable bonds is 3. The van der Waals surface area contributed by atoms with Gasteiger partial charge in [-0.3, -0.25) is 0 Å². The Balaban J connectivity index is 4.42. The highest BCUT2D eigenvalue weighted by Gasteiger charge is 2.16. The number of nitrogens with zero attached hydrogens (tertiary/aromatic N) is 1. The zero-order valence-corrected chi connectivity index (χ0v) is 7.65. The molecule has 0 aliphatic rings. The molecule has 5 nitrogen and oxygen atoms in total. The van der Waals surface area contributed by atoms with Crippen molar-refractivity contribution in [3.63, 3.8) is 0 Å². The lowest BCUT2D eigenvalue weighted by Gasteiger charge is -1.80. The molecule has 0 aromatic heterocycles. The molecule has 0 amide bonds. The van der Waals surface area contributed by atoms with Crippen LogP contribution < -0.4 is 0 Å². The Labute approximate surface area is 61.0 Å². The summed E-state index contributed by atoms with van der Waals surface area (Å²) < 4.78 is 33.3. The van der Waals surface area contributed by atoms with Crippen molar-refractivity contribution in [1.29, 1.82) is 0 Å². The zero-order chi connectivity index (χ0) is 8.20. The van der Waals surface area contributed by atoms with Gasteiger partial charge in [0.25, 0.3) is 10.0 Å². The minimum Gasteiger partial charge on any atom is -0.201 e. The third-order valence-electron chi connectivity index (χ3n) is 0.527. The Hall–Kier alpha value is -0.0300. The van der Waals surface area contributed by atoms with E-state index >= 15 is 0 Å². The smallest absolute Gasteiger partial charge is 0.201 e. The fourth-order valence-corrected chi connectivity index (χ4v) is 1.91. The first-order valence-corrected chi connectivity index (χ1v) is 5.28. The lowest BCUT2D eigenvalue weighted by Crippen LogP contribution is -1.87. The number of hydrogen-bond donors (Lipinski definition) is 0. The Kier molecular flexibility index (Phi) is 3.96. The minimum absolute atomic E-state index is 0.986. The molecule has 0 spiro atoms. The molecule has 0 saturated heterocycles. The molecule has 7 heteroatoms. The molecule has 0 radical (unpaired) electrons. The molecule has 0 aliphatic carbocycles. The van der Waals surface area contributed by atoms with Crippen LogP contribution in [0, 0.1) is 0 Å². The highest BCUT2D eigenvalue weighted by Crippen LogP contribution is 2.26. The lowest BCUT2D eigenvalue weighted by atomic mass is 11.8. The quantitative estimate of drug-likeness (QED) is 0.609. The molecular weight excluding hydrogens is 177 g/mol. The van der Waals surface area contributed by atoms with Gasteiger partial charge in [0.2, 0.25) is 0 Å². The van der Waals surface area contributed by atoms with Crippen LogP contribution in [0.3, 0.4) is 0 Å². The van der Waals surface area contributed by atoms with Crippen LogP contribution in [0.5, 0.6) is 0 Å². The average Bonchev–Trinajstić information content (AvgIpc) is 1.81. The van der Waals surface area contributed by atoms with Gasteiger partial charge in [0.05, 0.1) is 24.6 Å². The Morgan fingerprint density at radius 2 is 1.70 bits per heavy atom. The van der Waals surface area contributed by atoms with Gasteiger partial charge in [-0.2, -0.15) is 0 Å². The van der Waals surface area contributed by atoms with E-state index in [-0.39, 0.29) is 0 Å². The van der Waals surface area contributed by atoms with Crippen LogP contribution in [0.15, 0.2) is 4.15 Å². The maximum Gasteiger partial charge on any atom is 0.576 e. The molecule has 0 fully saturated rings. The van der Waals surface area contributed by atoms with Gasteiger partial charge in [-0.15, -0.1) is 9.05 Å². The molecule has 10 heavy (non-hydrogen) atoms. The molecule has 0 saturated carbocycles. The first-order chi connectivity index (χ1) is 4.49. The van der Waals surface area contributed by atoms with Gasteiger partial charge < -0.3 is 0 Å². The molecule has 0 unspecified atom stereocenters. The summed E-state index contributed by atoms with van der Waals surface area (Å²) in [5.74, 6) is 0. The normalized spacial score (nSPS) is 11.1. The second-order valence-corrected chi connectivity index (χ2v) is 4.74. The summed E-state index contributed by atoms with van der Waals surface area (Å²) in [7, 11) is -2.28. The molecule has 0 rings (SSSR count). The molecule has 0 aliphatic heterocycles. The van der Waals surface area contributed by atoms with E-state index in [1.54, 1.807) is 0 Å². The second kappa shape index (κ2) is 3.98. The fourth-order valence-electron chi connectivity index (χ4n) is 0.262. The third kappa shape index (κ3) is 4.81. The maximum atomic E-state index is 10.4. The summed E-state index contributed by atoms with van der Waals surface area (Å²) in [6, 6.07) is 0. The van der Waals surface area contributed by atoms with E-state index in [2.05, 4.69) is 13.2 Å². The van der Waals surface area contributed by atoms with Crippen LogP contribution in [0.4, 0.5) is 0 Å². The van der Waals surface area contributed by atoms with E-state index in [1.807, 2.05) is 0 Å². The van der Waals surface area contributed by atoms with Crippen molar-refractivity contribution in [3.8, 4) is 0 Å². The average molecular weight is 186 g/mol. The third-order valence-corrected chi connectivity index (χ3v) is 2.87. The predicted octanol–water partition coefficient (Wildman–Crippen LogP) is 0.734. The summed E-state index contributed by atoms with van der Waals surface area (Å²) in [5.41, 5.74) is 0. The van der Waals surface area contributed by atoms with E-state index in [0.717, 1.165) is 6.26 Å². The topological polar surface area (TPSA) is 65.0 Å². The highest BCUT2D eigenvalue weighted by atomic mass is 32.2. The summed E-state index contributed by atoms with van der Waals surface area (Å²) >= 11 is 0. The second-order valence-electron chi connectivity index (χ2n) is 1.42. The van der Waals surface area contributed by atoms with Crippen molar-refractivity contribution in [2.24, 2.45) is 4.15 Å². The van der Waals surface area contributed by atoms with Crippen LogP contribution in [0.1, 0.15) is 0 Å². The van der Waals surface area contributed by atoms with Crippen molar-refractivity contribution >= 4 is 18.2 Å². The van der Waals surface area contributed by atoms with Gasteiger partial charge in [-0.05, 0) is 0 Å². The van der Waals surface area contributed by atoms with Gasteiger partial charge >= 0.3 is 8.17 Å². The van der Waals surface area contributed by atoms with Crippen LogP contribution >= 0.6 is 8.17 Å². The first kappa shape index (κ1) is 9.97. The van der Waals surface area contributed by atoms with Crippen LogP contribution in [-0.2, 0) is 19.1 Å². The van der Waals surface area contributed by atoms with Crippen molar-refractivity contribution in [3.05, 3.63) is 0 Å². The minimum atomic E-state index is -3.34. The number of sulfonamides is 1. The van der Waals surface area contributed by atoms with Crippen LogP contribution in [0.25, 0.3) is 0 Å². The van der Waals surface area contributed by atoms with Gasteiger partial charge in [0, 0.05) is 0 Å². The molecule has 0 bridgehead atoms. The molecule has 0 aromatic carbocycles. The van der Waals surface area contributed by atoms with E-state index in [0.29, 0.717) is 0 Å². The summed E-state index contributed by atoms with van der Waals surface area (Å²) in [6.07, 6.45) is 0.986. The lowest BCUT2D eigenvalue weighted by molar-refractivity contribution is 0.352. The van der Waals surface area contributed by atoms with Gasteiger partial charge in [0.15, 0.2) is 0 Å². The van der Waals surface area contributed by atoms with Crippen molar-refractivity contribution in [1.82, 2.24) is 0 Å². The molecule has 0 aromatic rings. The molecule has 0 atom stereocenters. The largest absolute Gasteiger partial charge is 0.576 e. The maximum absolute atomic E-state index is 10.4. The summed E-state index contributed by atoms with van der Waals surface area (Å²) in [6.45, 7) is 0. The number of hydrogen-bond acceptors (Lipinski definition) is 4. The zero-order valence-electron chi connectivity index (χ0n) is 5.94. The predicted molar refractivity (Wildman–Crippen MR) is 38.2 cm³/mol. The highest BCUT2D eigenvalue weighted by molar-refractivity contribution is 7.91.